The molecule has 0 atom stereocenters. The van der Waals surface area contributed by atoms with Crippen LogP contribution in [-0.4, -0.2) is 12.6 Å². The van der Waals surface area contributed by atoms with Crippen molar-refractivity contribution >= 4 is 12.6 Å². The van der Waals surface area contributed by atoms with Crippen LogP contribution in [0.1, 0.15) is 57.8 Å². The van der Waals surface area contributed by atoms with Crippen LogP contribution in [0.5, 0.6) is 0 Å². The minimum absolute atomic E-state index is 0.333. The fourth-order valence-corrected chi connectivity index (χ4v) is 3.77. The van der Waals surface area contributed by atoms with E-state index in [2.05, 4.69) is 0 Å². The fourth-order valence-electron chi connectivity index (χ4n) is 3.77. The first kappa shape index (κ1) is 11.8. The number of carbonyl (C=O) groups is 2. The van der Waals surface area contributed by atoms with E-state index in [0.29, 0.717) is 11.8 Å². The molecule has 0 aliphatic heterocycles. The van der Waals surface area contributed by atoms with Crippen molar-refractivity contribution in [2.75, 3.05) is 0 Å². The topological polar surface area (TPSA) is 34.1 Å². The average Bonchev–Trinajstić information content (AvgIpc) is 2.87. The first-order chi connectivity index (χ1) is 7.83. The lowest BCUT2D eigenvalue weighted by atomic mass is 9.63. The van der Waals surface area contributed by atoms with Crippen LogP contribution >= 0.6 is 0 Å². The number of hydrogen-bond acceptors (Lipinski definition) is 2. The van der Waals surface area contributed by atoms with Gasteiger partial charge in [-0.1, -0.05) is 32.1 Å². The van der Waals surface area contributed by atoms with Gasteiger partial charge in [0.2, 0.25) is 0 Å². The molecule has 0 bridgehead atoms. The summed E-state index contributed by atoms with van der Waals surface area (Å²) in [6.45, 7) is 0. The van der Waals surface area contributed by atoms with Crippen molar-refractivity contribution in [2.45, 2.75) is 57.8 Å². The Bertz CT molecular complexity index is 239. The molecule has 0 aromatic carbocycles. The largest absolute Gasteiger partial charge is 0.302 e. The zero-order chi connectivity index (χ0) is 11.4. The number of aldehydes is 2. The molecule has 0 saturated heterocycles. The van der Waals surface area contributed by atoms with Crippen molar-refractivity contribution in [1.29, 1.82) is 0 Å². The molecule has 0 aromatic rings. The SMILES string of the molecule is O=CC(C=O)(C1CCCCC1)C1CCCC1. The molecule has 0 unspecified atom stereocenters. The molecule has 2 rings (SSSR count). The molecule has 2 saturated carbocycles. The molecular formula is C14H22O2. The van der Waals surface area contributed by atoms with Crippen LogP contribution < -0.4 is 0 Å². The Morgan fingerprint density at radius 2 is 1.06 bits per heavy atom. The third-order valence-electron chi connectivity index (χ3n) is 4.78. The smallest absolute Gasteiger partial charge is 0.133 e. The molecule has 0 amide bonds. The molecule has 90 valence electrons. The molecule has 2 fully saturated rings. The lowest BCUT2D eigenvalue weighted by Gasteiger charge is -2.38. The summed E-state index contributed by atoms with van der Waals surface area (Å²) in [5.41, 5.74) is -0.628. The Morgan fingerprint density at radius 3 is 1.44 bits per heavy atom. The second-order valence-corrected chi connectivity index (χ2v) is 5.55. The Morgan fingerprint density at radius 1 is 0.688 bits per heavy atom. The molecular weight excluding hydrogens is 200 g/mol. The zero-order valence-corrected chi connectivity index (χ0v) is 9.99. The van der Waals surface area contributed by atoms with Gasteiger partial charge in [-0.3, -0.25) is 0 Å². The molecule has 2 nitrogen and oxygen atoms in total. The maximum absolute atomic E-state index is 11.5. The summed E-state index contributed by atoms with van der Waals surface area (Å²) in [6, 6.07) is 0. The highest BCUT2D eigenvalue weighted by molar-refractivity contribution is 5.84. The molecule has 2 aliphatic rings. The molecule has 0 aromatic heterocycles. The molecule has 16 heavy (non-hydrogen) atoms. The van der Waals surface area contributed by atoms with Gasteiger partial charge in [-0.15, -0.1) is 0 Å². The second kappa shape index (κ2) is 5.11. The molecule has 0 N–H and O–H groups in total. The third-order valence-corrected chi connectivity index (χ3v) is 4.78. The van der Waals surface area contributed by atoms with Crippen LogP contribution in [0.2, 0.25) is 0 Å². The van der Waals surface area contributed by atoms with Crippen LogP contribution in [0, 0.1) is 17.3 Å². The third kappa shape index (κ3) is 1.94. The first-order valence-electron chi connectivity index (χ1n) is 6.76. The van der Waals surface area contributed by atoms with Crippen LogP contribution in [-0.2, 0) is 9.59 Å². The van der Waals surface area contributed by atoms with Gasteiger partial charge in [0.15, 0.2) is 0 Å². The Labute approximate surface area is 97.8 Å². The first-order valence-corrected chi connectivity index (χ1v) is 6.76. The van der Waals surface area contributed by atoms with E-state index in [9.17, 15) is 9.59 Å². The van der Waals surface area contributed by atoms with Gasteiger partial charge >= 0.3 is 0 Å². The number of rotatable bonds is 4. The van der Waals surface area contributed by atoms with Crippen LogP contribution in [0.25, 0.3) is 0 Å². The van der Waals surface area contributed by atoms with E-state index in [0.717, 1.165) is 38.3 Å². The van der Waals surface area contributed by atoms with Crippen molar-refractivity contribution in [3.63, 3.8) is 0 Å². The van der Waals surface area contributed by atoms with Gasteiger partial charge in [0, 0.05) is 0 Å². The number of hydrogen-bond donors (Lipinski definition) is 0. The predicted octanol–water partition coefficient (Wildman–Crippen LogP) is 3.14. The summed E-state index contributed by atoms with van der Waals surface area (Å²) in [7, 11) is 0. The zero-order valence-electron chi connectivity index (χ0n) is 9.99. The highest BCUT2D eigenvalue weighted by Crippen LogP contribution is 2.47. The molecule has 0 heterocycles. The maximum atomic E-state index is 11.5. The summed E-state index contributed by atoms with van der Waals surface area (Å²) in [6.07, 6.45) is 12.3. The van der Waals surface area contributed by atoms with E-state index < -0.39 is 5.41 Å². The summed E-state index contributed by atoms with van der Waals surface area (Å²) in [5, 5.41) is 0. The summed E-state index contributed by atoms with van der Waals surface area (Å²) in [5.74, 6) is 0.671. The molecule has 0 radical (unpaired) electrons. The van der Waals surface area contributed by atoms with Crippen molar-refractivity contribution in [2.24, 2.45) is 17.3 Å². The summed E-state index contributed by atoms with van der Waals surface area (Å²) < 4.78 is 0. The van der Waals surface area contributed by atoms with Gasteiger partial charge in [-0.25, -0.2) is 0 Å². The minimum Gasteiger partial charge on any atom is -0.302 e. The van der Waals surface area contributed by atoms with E-state index in [1.807, 2.05) is 0 Å². The Kier molecular flexibility index (Phi) is 3.78. The molecule has 2 heteroatoms. The van der Waals surface area contributed by atoms with E-state index in [1.165, 1.54) is 32.1 Å². The van der Waals surface area contributed by atoms with Crippen molar-refractivity contribution in [1.82, 2.24) is 0 Å². The minimum atomic E-state index is -0.628. The van der Waals surface area contributed by atoms with Crippen LogP contribution in [0.15, 0.2) is 0 Å². The molecule has 2 aliphatic carbocycles. The van der Waals surface area contributed by atoms with E-state index in [-0.39, 0.29) is 0 Å². The Balaban J connectivity index is 2.18. The molecule has 0 spiro atoms. The van der Waals surface area contributed by atoms with E-state index in [1.54, 1.807) is 0 Å². The van der Waals surface area contributed by atoms with Crippen molar-refractivity contribution in [3.05, 3.63) is 0 Å². The van der Waals surface area contributed by atoms with Crippen LogP contribution in [0.4, 0.5) is 0 Å². The van der Waals surface area contributed by atoms with Gasteiger partial charge in [0.25, 0.3) is 0 Å². The van der Waals surface area contributed by atoms with Crippen molar-refractivity contribution < 1.29 is 9.59 Å². The van der Waals surface area contributed by atoms with Gasteiger partial charge in [0.05, 0.1) is 5.41 Å². The highest BCUT2D eigenvalue weighted by Gasteiger charge is 2.46. The van der Waals surface area contributed by atoms with Crippen molar-refractivity contribution in [3.8, 4) is 0 Å². The quantitative estimate of drug-likeness (QED) is 0.541. The standard InChI is InChI=1S/C14H22O2/c15-10-14(11-16,13-8-4-5-9-13)12-6-2-1-3-7-12/h10-13H,1-9H2. The highest BCUT2D eigenvalue weighted by atomic mass is 16.1. The van der Waals surface area contributed by atoms with Gasteiger partial charge in [-0.2, -0.15) is 0 Å². The maximum Gasteiger partial charge on any atom is 0.133 e. The predicted molar refractivity (Wildman–Crippen MR) is 63.1 cm³/mol. The normalized spacial score (nSPS) is 24.5. The second-order valence-electron chi connectivity index (χ2n) is 5.55. The van der Waals surface area contributed by atoms with E-state index in [4.69, 9.17) is 0 Å². The lowest BCUT2D eigenvalue weighted by molar-refractivity contribution is -0.135. The number of carbonyl (C=O) groups excluding carboxylic acids is 2. The summed E-state index contributed by atoms with van der Waals surface area (Å²) >= 11 is 0. The summed E-state index contributed by atoms with van der Waals surface area (Å²) in [4.78, 5) is 23.0. The van der Waals surface area contributed by atoms with E-state index >= 15 is 0 Å². The fraction of sp³-hybridized carbons (Fsp3) is 0.857. The van der Waals surface area contributed by atoms with Gasteiger partial charge in [0.1, 0.15) is 12.6 Å². The lowest BCUT2D eigenvalue weighted by Crippen LogP contribution is -2.41. The Hall–Kier alpha value is -0.660. The van der Waals surface area contributed by atoms with Gasteiger partial charge < -0.3 is 9.59 Å². The van der Waals surface area contributed by atoms with Crippen LogP contribution in [0.3, 0.4) is 0 Å². The average molecular weight is 222 g/mol. The monoisotopic (exact) mass is 222 g/mol. The van der Waals surface area contributed by atoms with Gasteiger partial charge in [-0.05, 0) is 37.5 Å².